The third-order valence-electron chi connectivity index (χ3n) is 1.59. The van der Waals surface area contributed by atoms with E-state index in [2.05, 4.69) is 5.32 Å². The van der Waals surface area contributed by atoms with Crippen molar-refractivity contribution in [1.29, 1.82) is 0 Å². The first-order valence-electron chi connectivity index (χ1n) is 5.38. The summed E-state index contributed by atoms with van der Waals surface area (Å²) in [6, 6.07) is 0.164. The molecule has 0 aromatic heterocycles. The molecule has 90 valence electrons. The molecular formula is C11H23NO3. The molecule has 1 atom stereocenters. The smallest absolute Gasteiger partial charge is 0.320 e. The number of carbonyl (C=O) groups excluding carboxylic acids is 1. The zero-order valence-corrected chi connectivity index (χ0v) is 10.4. The SMILES string of the molecule is CCOCC(C)NCC(=O)OC(C)(C)C. The van der Waals surface area contributed by atoms with Gasteiger partial charge in [0.05, 0.1) is 13.2 Å². The lowest BCUT2D eigenvalue weighted by atomic mass is 10.2. The van der Waals surface area contributed by atoms with Crippen LogP contribution in [-0.4, -0.2) is 37.4 Å². The fourth-order valence-corrected chi connectivity index (χ4v) is 0.989. The van der Waals surface area contributed by atoms with E-state index in [0.29, 0.717) is 13.2 Å². The van der Waals surface area contributed by atoms with Gasteiger partial charge in [0.15, 0.2) is 0 Å². The van der Waals surface area contributed by atoms with Crippen molar-refractivity contribution in [1.82, 2.24) is 5.32 Å². The lowest BCUT2D eigenvalue weighted by molar-refractivity contribution is -0.153. The Labute approximate surface area is 92.3 Å². The van der Waals surface area contributed by atoms with E-state index >= 15 is 0 Å². The summed E-state index contributed by atoms with van der Waals surface area (Å²) in [5, 5.41) is 3.04. The summed E-state index contributed by atoms with van der Waals surface area (Å²) in [6.45, 7) is 11.0. The summed E-state index contributed by atoms with van der Waals surface area (Å²) < 4.78 is 10.4. The van der Waals surface area contributed by atoms with E-state index in [1.165, 1.54) is 0 Å². The summed E-state index contributed by atoms with van der Waals surface area (Å²) in [4.78, 5) is 11.3. The molecule has 0 bridgehead atoms. The Kier molecular flexibility index (Phi) is 6.52. The predicted molar refractivity (Wildman–Crippen MR) is 59.8 cm³/mol. The first-order chi connectivity index (χ1) is 6.85. The zero-order valence-electron chi connectivity index (χ0n) is 10.4. The molecule has 1 N–H and O–H groups in total. The monoisotopic (exact) mass is 217 g/mol. The van der Waals surface area contributed by atoms with Crippen molar-refractivity contribution < 1.29 is 14.3 Å². The van der Waals surface area contributed by atoms with E-state index in [9.17, 15) is 4.79 Å². The van der Waals surface area contributed by atoms with Gasteiger partial charge in [-0.15, -0.1) is 0 Å². The molecule has 0 aromatic carbocycles. The van der Waals surface area contributed by atoms with Gasteiger partial charge in [-0.3, -0.25) is 4.79 Å². The van der Waals surface area contributed by atoms with E-state index < -0.39 is 5.60 Å². The zero-order chi connectivity index (χ0) is 11.9. The van der Waals surface area contributed by atoms with Gasteiger partial charge in [-0.1, -0.05) is 0 Å². The molecule has 0 aliphatic rings. The minimum absolute atomic E-state index is 0.164. The number of carbonyl (C=O) groups is 1. The molecule has 15 heavy (non-hydrogen) atoms. The van der Waals surface area contributed by atoms with E-state index in [1.807, 2.05) is 34.6 Å². The molecule has 0 aliphatic carbocycles. The number of nitrogens with one attached hydrogen (secondary N) is 1. The molecule has 4 nitrogen and oxygen atoms in total. The summed E-state index contributed by atoms with van der Waals surface area (Å²) in [6.07, 6.45) is 0. The van der Waals surface area contributed by atoms with Crippen LogP contribution in [0.15, 0.2) is 0 Å². The summed E-state index contributed by atoms with van der Waals surface area (Å²) in [5.74, 6) is -0.231. The van der Waals surface area contributed by atoms with Crippen LogP contribution in [0.2, 0.25) is 0 Å². The molecule has 1 unspecified atom stereocenters. The number of hydrogen-bond acceptors (Lipinski definition) is 4. The fourth-order valence-electron chi connectivity index (χ4n) is 0.989. The maximum absolute atomic E-state index is 11.3. The second-order valence-electron chi connectivity index (χ2n) is 4.53. The van der Waals surface area contributed by atoms with Gasteiger partial charge in [-0.05, 0) is 34.6 Å². The van der Waals surface area contributed by atoms with Crippen LogP contribution in [-0.2, 0) is 14.3 Å². The highest BCUT2D eigenvalue weighted by molar-refractivity contribution is 5.72. The Balaban J connectivity index is 3.62. The Hall–Kier alpha value is -0.610. The second-order valence-corrected chi connectivity index (χ2v) is 4.53. The Bertz CT molecular complexity index is 187. The fraction of sp³-hybridized carbons (Fsp3) is 0.909. The van der Waals surface area contributed by atoms with Crippen LogP contribution in [0, 0.1) is 0 Å². The summed E-state index contributed by atoms with van der Waals surface area (Å²) >= 11 is 0. The topological polar surface area (TPSA) is 47.6 Å². The quantitative estimate of drug-likeness (QED) is 0.682. The van der Waals surface area contributed by atoms with Crippen LogP contribution >= 0.6 is 0 Å². The van der Waals surface area contributed by atoms with Gasteiger partial charge in [-0.2, -0.15) is 0 Å². The highest BCUT2D eigenvalue weighted by Crippen LogP contribution is 2.06. The Morgan fingerprint density at radius 2 is 2.00 bits per heavy atom. The summed E-state index contributed by atoms with van der Waals surface area (Å²) in [5.41, 5.74) is -0.415. The van der Waals surface area contributed by atoms with E-state index in [-0.39, 0.29) is 18.6 Å². The number of rotatable bonds is 6. The van der Waals surface area contributed by atoms with Gasteiger partial charge in [0.25, 0.3) is 0 Å². The van der Waals surface area contributed by atoms with Crippen LogP contribution in [0.1, 0.15) is 34.6 Å². The van der Waals surface area contributed by atoms with Crippen molar-refractivity contribution >= 4 is 5.97 Å². The molecule has 0 spiro atoms. The van der Waals surface area contributed by atoms with Crippen molar-refractivity contribution in [2.24, 2.45) is 0 Å². The van der Waals surface area contributed by atoms with Crippen molar-refractivity contribution in [2.45, 2.75) is 46.3 Å². The highest BCUT2D eigenvalue weighted by atomic mass is 16.6. The third-order valence-corrected chi connectivity index (χ3v) is 1.59. The maximum Gasteiger partial charge on any atom is 0.320 e. The minimum Gasteiger partial charge on any atom is -0.459 e. The normalized spacial score (nSPS) is 13.7. The van der Waals surface area contributed by atoms with Crippen LogP contribution in [0.4, 0.5) is 0 Å². The van der Waals surface area contributed by atoms with Gasteiger partial charge in [0.1, 0.15) is 5.60 Å². The van der Waals surface area contributed by atoms with Gasteiger partial charge in [0, 0.05) is 12.6 Å². The number of hydrogen-bond donors (Lipinski definition) is 1. The van der Waals surface area contributed by atoms with E-state index in [0.717, 1.165) is 0 Å². The van der Waals surface area contributed by atoms with Crippen LogP contribution < -0.4 is 5.32 Å². The molecule has 0 fully saturated rings. The van der Waals surface area contributed by atoms with Crippen LogP contribution in [0.25, 0.3) is 0 Å². The highest BCUT2D eigenvalue weighted by Gasteiger charge is 2.16. The standard InChI is InChI=1S/C11H23NO3/c1-6-14-8-9(2)12-7-10(13)15-11(3,4)5/h9,12H,6-8H2,1-5H3. The van der Waals surface area contributed by atoms with Crippen LogP contribution in [0.5, 0.6) is 0 Å². The first-order valence-corrected chi connectivity index (χ1v) is 5.38. The molecule has 0 amide bonds. The maximum atomic E-state index is 11.3. The first kappa shape index (κ1) is 14.4. The third kappa shape index (κ3) is 9.69. The van der Waals surface area contributed by atoms with Crippen molar-refractivity contribution in [3.8, 4) is 0 Å². The molecule has 4 heteroatoms. The molecule has 0 aliphatic heterocycles. The molecule has 0 rings (SSSR count). The van der Waals surface area contributed by atoms with Gasteiger partial charge in [-0.25, -0.2) is 0 Å². The van der Waals surface area contributed by atoms with E-state index in [4.69, 9.17) is 9.47 Å². The average molecular weight is 217 g/mol. The van der Waals surface area contributed by atoms with Gasteiger partial charge >= 0.3 is 5.97 Å². The summed E-state index contributed by atoms with van der Waals surface area (Å²) in [7, 11) is 0. The largest absolute Gasteiger partial charge is 0.459 e. The van der Waals surface area contributed by atoms with Gasteiger partial charge in [0.2, 0.25) is 0 Å². The number of ether oxygens (including phenoxy) is 2. The second kappa shape index (κ2) is 6.80. The lowest BCUT2D eigenvalue weighted by Gasteiger charge is -2.20. The minimum atomic E-state index is -0.415. The Morgan fingerprint density at radius 3 is 2.47 bits per heavy atom. The molecule has 0 aromatic rings. The lowest BCUT2D eigenvalue weighted by Crippen LogP contribution is -2.37. The molecule has 0 saturated heterocycles. The molecule has 0 radical (unpaired) electrons. The van der Waals surface area contributed by atoms with Gasteiger partial charge < -0.3 is 14.8 Å². The van der Waals surface area contributed by atoms with Crippen molar-refractivity contribution in [2.75, 3.05) is 19.8 Å². The predicted octanol–water partition coefficient (Wildman–Crippen LogP) is 1.34. The van der Waals surface area contributed by atoms with E-state index in [1.54, 1.807) is 0 Å². The number of esters is 1. The van der Waals surface area contributed by atoms with Crippen molar-refractivity contribution in [3.05, 3.63) is 0 Å². The molecule has 0 saturated carbocycles. The average Bonchev–Trinajstić information content (AvgIpc) is 2.08. The Morgan fingerprint density at radius 1 is 1.40 bits per heavy atom. The van der Waals surface area contributed by atoms with Crippen molar-refractivity contribution in [3.63, 3.8) is 0 Å². The molecular weight excluding hydrogens is 194 g/mol. The molecule has 0 heterocycles. The van der Waals surface area contributed by atoms with Crippen LogP contribution in [0.3, 0.4) is 0 Å².